The van der Waals surface area contributed by atoms with Gasteiger partial charge in [0.25, 0.3) is 0 Å². The zero-order valence-electron chi connectivity index (χ0n) is 6.00. The van der Waals surface area contributed by atoms with Crippen LogP contribution in [0.3, 0.4) is 0 Å². The van der Waals surface area contributed by atoms with Gasteiger partial charge in [-0.15, -0.1) is 0 Å². The fraction of sp³-hybridized carbons (Fsp3) is 1.00. The molecule has 8 heavy (non-hydrogen) atoms. The second kappa shape index (κ2) is 3.70. The van der Waals surface area contributed by atoms with Crippen molar-refractivity contribution in [3.8, 4) is 0 Å². The molecule has 0 aromatic heterocycles. The summed E-state index contributed by atoms with van der Waals surface area (Å²) in [6, 6.07) is 0. The molecule has 0 nitrogen and oxygen atoms in total. The number of hydrogen-bond donors (Lipinski definition) is 0. The average Bonchev–Trinajstić information content (AvgIpc) is 1.67. The molecule has 0 N–H and O–H groups in total. The molecule has 0 unspecified atom stereocenters. The van der Waals surface area contributed by atoms with Gasteiger partial charge in [0.1, 0.15) is 0 Å². The van der Waals surface area contributed by atoms with Crippen molar-refractivity contribution in [1.29, 1.82) is 0 Å². The zero-order valence-corrected chi connectivity index (χ0v) is 8.16. The largest absolute Gasteiger partial charge is 0.0858 e. The van der Waals surface area contributed by atoms with E-state index < -0.39 is 0 Å². The maximum atomic E-state index is 2.45. The molecular formula is C7H15I. The van der Waals surface area contributed by atoms with E-state index >= 15 is 0 Å². The third kappa shape index (κ3) is 3.70. The van der Waals surface area contributed by atoms with Gasteiger partial charge in [0.05, 0.1) is 0 Å². The molecule has 1 heteroatoms. The summed E-state index contributed by atoms with van der Waals surface area (Å²) in [6.07, 6.45) is 2.67. The van der Waals surface area contributed by atoms with Gasteiger partial charge in [-0.25, -0.2) is 0 Å². The van der Waals surface area contributed by atoms with Gasteiger partial charge in [0, 0.05) is 4.43 Å². The van der Waals surface area contributed by atoms with Crippen LogP contribution in [0.15, 0.2) is 0 Å². The van der Waals surface area contributed by atoms with E-state index in [9.17, 15) is 0 Å². The summed E-state index contributed by atoms with van der Waals surface area (Å²) in [5, 5.41) is 0. The normalized spacial score (nSPS) is 12.0. The van der Waals surface area contributed by atoms with Gasteiger partial charge in [0.15, 0.2) is 0 Å². The lowest BCUT2D eigenvalue weighted by atomic mass is 9.91. The van der Waals surface area contributed by atoms with Gasteiger partial charge in [-0.1, -0.05) is 49.8 Å². The molecule has 0 aromatic carbocycles. The first-order valence-corrected chi connectivity index (χ1v) is 4.71. The molecule has 0 aliphatic heterocycles. The maximum absolute atomic E-state index is 2.45. The molecular weight excluding hydrogens is 211 g/mol. The predicted molar refractivity (Wildman–Crippen MR) is 47.6 cm³/mol. The summed E-state index contributed by atoms with van der Waals surface area (Å²) in [7, 11) is 0. The van der Waals surface area contributed by atoms with E-state index in [1.165, 1.54) is 17.3 Å². The Morgan fingerprint density at radius 3 is 2.00 bits per heavy atom. The second-order valence-electron chi connectivity index (χ2n) is 3.05. The third-order valence-corrected chi connectivity index (χ3v) is 3.35. The first-order chi connectivity index (χ1) is 3.62. The molecule has 0 aliphatic carbocycles. The lowest BCUT2D eigenvalue weighted by Crippen LogP contribution is -2.11. The second-order valence-corrected chi connectivity index (χ2v) is 3.81. The average molecular weight is 226 g/mol. The van der Waals surface area contributed by atoms with E-state index in [4.69, 9.17) is 0 Å². The molecule has 0 saturated heterocycles. The highest BCUT2D eigenvalue weighted by Gasteiger charge is 2.12. The fourth-order valence-electron chi connectivity index (χ4n) is 0.744. The standard InChI is InChI=1S/C7H15I/c1-4-5-7(2,3)6-8/h4-6H2,1-3H3. The van der Waals surface area contributed by atoms with Crippen LogP contribution in [-0.4, -0.2) is 4.43 Å². The van der Waals surface area contributed by atoms with E-state index in [2.05, 4.69) is 43.4 Å². The minimum absolute atomic E-state index is 0.579. The topological polar surface area (TPSA) is 0 Å². The lowest BCUT2D eigenvalue weighted by Gasteiger charge is -2.19. The van der Waals surface area contributed by atoms with Crippen LogP contribution in [0.4, 0.5) is 0 Å². The van der Waals surface area contributed by atoms with E-state index in [1.807, 2.05) is 0 Å². The Labute approximate surface area is 66.2 Å². The van der Waals surface area contributed by atoms with Crippen molar-refractivity contribution < 1.29 is 0 Å². The van der Waals surface area contributed by atoms with E-state index in [0.717, 1.165) is 0 Å². The Hall–Kier alpha value is 0.730. The molecule has 0 saturated carbocycles. The molecule has 0 spiro atoms. The fourth-order valence-corrected chi connectivity index (χ4v) is 1.12. The Balaban J connectivity index is 3.37. The van der Waals surface area contributed by atoms with Gasteiger partial charge in [-0.2, -0.15) is 0 Å². The molecule has 0 bridgehead atoms. The summed E-state index contributed by atoms with van der Waals surface area (Å²) in [4.78, 5) is 0. The highest BCUT2D eigenvalue weighted by Crippen LogP contribution is 2.24. The predicted octanol–water partition coefficient (Wildman–Crippen LogP) is 3.25. The lowest BCUT2D eigenvalue weighted by molar-refractivity contribution is 0.389. The molecule has 0 radical (unpaired) electrons. The minimum Gasteiger partial charge on any atom is -0.0858 e. The zero-order chi connectivity index (χ0) is 6.62. The van der Waals surface area contributed by atoms with E-state index in [0.29, 0.717) is 5.41 Å². The summed E-state index contributed by atoms with van der Waals surface area (Å²) in [5.41, 5.74) is 0.579. The minimum atomic E-state index is 0.579. The molecule has 0 rings (SSSR count). The van der Waals surface area contributed by atoms with Crippen LogP contribution in [0.25, 0.3) is 0 Å². The summed E-state index contributed by atoms with van der Waals surface area (Å²) < 4.78 is 1.28. The molecule has 0 heterocycles. The first-order valence-electron chi connectivity index (χ1n) is 3.18. The molecule has 0 aromatic rings. The maximum Gasteiger partial charge on any atom is 0.00467 e. The quantitative estimate of drug-likeness (QED) is 0.511. The van der Waals surface area contributed by atoms with Crippen LogP contribution in [0.1, 0.15) is 33.6 Å². The van der Waals surface area contributed by atoms with Crippen LogP contribution in [-0.2, 0) is 0 Å². The Bertz CT molecular complexity index is 57.4. The van der Waals surface area contributed by atoms with Gasteiger partial charge in [-0.05, 0) is 11.8 Å². The van der Waals surface area contributed by atoms with Crippen LogP contribution in [0, 0.1) is 5.41 Å². The third-order valence-electron chi connectivity index (χ3n) is 1.29. The van der Waals surface area contributed by atoms with Gasteiger partial charge in [-0.3, -0.25) is 0 Å². The van der Waals surface area contributed by atoms with Crippen LogP contribution >= 0.6 is 22.6 Å². The monoisotopic (exact) mass is 226 g/mol. The van der Waals surface area contributed by atoms with Gasteiger partial charge < -0.3 is 0 Å². The van der Waals surface area contributed by atoms with Gasteiger partial charge in [0.2, 0.25) is 0 Å². The van der Waals surface area contributed by atoms with Crippen molar-refractivity contribution in [2.75, 3.05) is 4.43 Å². The SMILES string of the molecule is CCCC(C)(C)CI. The highest BCUT2D eigenvalue weighted by molar-refractivity contribution is 14.1. The Kier molecular flexibility index (Phi) is 4.04. The van der Waals surface area contributed by atoms with Crippen LogP contribution in [0.5, 0.6) is 0 Å². The van der Waals surface area contributed by atoms with Crippen molar-refractivity contribution >= 4 is 22.6 Å². The van der Waals surface area contributed by atoms with Crippen molar-refractivity contribution in [2.24, 2.45) is 5.41 Å². The molecule has 0 aliphatic rings. The Morgan fingerprint density at radius 2 is 1.88 bits per heavy atom. The Morgan fingerprint density at radius 1 is 1.38 bits per heavy atom. The van der Waals surface area contributed by atoms with Crippen molar-refractivity contribution in [1.82, 2.24) is 0 Å². The van der Waals surface area contributed by atoms with Crippen molar-refractivity contribution in [3.05, 3.63) is 0 Å². The first kappa shape index (κ1) is 8.73. The molecule has 50 valence electrons. The van der Waals surface area contributed by atoms with E-state index in [-0.39, 0.29) is 0 Å². The van der Waals surface area contributed by atoms with Gasteiger partial charge >= 0.3 is 0 Å². The number of rotatable bonds is 3. The number of alkyl halides is 1. The van der Waals surface area contributed by atoms with Crippen LogP contribution < -0.4 is 0 Å². The van der Waals surface area contributed by atoms with Crippen LogP contribution in [0.2, 0.25) is 0 Å². The molecule has 0 atom stereocenters. The molecule has 0 fully saturated rings. The summed E-state index contributed by atoms with van der Waals surface area (Å²) in [5.74, 6) is 0. The number of halogens is 1. The highest BCUT2D eigenvalue weighted by atomic mass is 127. The van der Waals surface area contributed by atoms with E-state index in [1.54, 1.807) is 0 Å². The molecule has 0 amide bonds. The summed E-state index contributed by atoms with van der Waals surface area (Å²) in [6.45, 7) is 6.89. The number of hydrogen-bond acceptors (Lipinski definition) is 0. The van der Waals surface area contributed by atoms with Crippen molar-refractivity contribution in [2.45, 2.75) is 33.6 Å². The summed E-state index contributed by atoms with van der Waals surface area (Å²) >= 11 is 2.45. The smallest absolute Gasteiger partial charge is 0.00467 e. The van der Waals surface area contributed by atoms with Crippen molar-refractivity contribution in [3.63, 3.8) is 0 Å².